The van der Waals surface area contributed by atoms with E-state index in [1.165, 1.54) is 24.9 Å². The molecule has 0 atom stereocenters. The summed E-state index contributed by atoms with van der Waals surface area (Å²) < 4.78 is 16.6. The molecule has 0 aliphatic carbocycles. The third kappa shape index (κ3) is 3.19. The lowest BCUT2D eigenvalue weighted by molar-refractivity contribution is 0.0548. The van der Waals surface area contributed by atoms with E-state index >= 15 is 0 Å². The van der Waals surface area contributed by atoms with Crippen molar-refractivity contribution >= 4 is 39.8 Å². The van der Waals surface area contributed by atoms with Gasteiger partial charge >= 0.3 is 18.0 Å². The molecule has 1 aromatic heterocycles. The van der Waals surface area contributed by atoms with Gasteiger partial charge in [0.1, 0.15) is 5.60 Å². The molecular weight excluding hydrogens is 362 g/mol. The van der Waals surface area contributed by atoms with E-state index in [1.807, 2.05) is 0 Å². The molecule has 0 unspecified atom stereocenters. The molecule has 0 aliphatic rings. The first-order valence-corrected chi connectivity index (χ1v) is 8.65. The molecule has 0 aliphatic heterocycles. The van der Waals surface area contributed by atoms with Crippen LogP contribution in [0.1, 0.15) is 41.5 Å². The summed E-state index contributed by atoms with van der Waals surface area (Å²) in [6, 6.07) is 10.1. The van der Waals surface area contributed by atoms with Gasteiger partial charge in [-0.1, -0.05) is 18.2 Å². The Hall–Kier alpha value is -3.35. The van der Waals surface area contributed by atoms with Gasteiger partial charge in [0.15, 0.2) is 0 Å². The summed E-state index contributed by atoms with van der Waals surface area (Å²) in [6.07, 6.45) is -0.583. The number of hydrogen-bond donors (Lipinski definition) is 0. The predicted octanol–water partition coefficient (Wildman–Crippen LogP) is 4.15. The summed E-state index contributed by atoms with van der Waals surface area (Å²) in [5, 5.41) is 1.05. The second-order valence-electron chi connectivity index (χ2n) is 7.20. The highest BCUT2D eigenvalue weighted by atomic mass is 16.6. The molecule has 28 heavy (non-hydrogen) atoms. The lowest BCUT2D eigenvalue weighted by Gasteiger charge is -2.20. The number of methoxy groups -OCH3 is 2. The van der Waals surface area contributed by atoms with Gasteiger partial charge in [-0.2, -0.15) is 0 Å². The second-order valence-corrected chi connectivity index (χ2v) is 7.20. The summed E-state index contributed by atoms with van der Waals surface area (Å²) in [4.78, 5) is 37.7. The first kappa shape index (κ1) is 19.4. The molecular formula is C21H21NO6. The molecule has 0 fully saturated rings. The fraction of sp³-hybridized carbons (Fsp3) is 0.286. The number of carbonyl (C=O) groups excluding carboxylic acids is 3. The number of aromatic nitrogens is 1. The SMILES string of the molecule is COC(=O)c1ccc2c(c1C(=O)OC)c1ccccc1n2C(=O)OC(C)(C)C. The third-order valence-electron chi connectivity index (χ3n) is 4.21. The van der Waals surface area contributed by atoms with Crippen LogP contribution < -0.4 is 0 Å². The zero-order valence-corrected chi connectivity index (χ0v) is 16.4. The highest BCUT2D eigenvalue weighted by Crippen LogP contribution is 2.34. The number of nitrogens with zero attached hydrogens (tertiary/aromatic N) is 1. The molecule has 0 radical (unpaired) electrons. The Bertz CT molecular complexity index is 1100. The summed E-state index contributed by atoms with van der Waals surface area (Å²) in [5.41, 5.74) is 0.396. The van der Waals surface area contributed by atoms with Crippen molar-refractivity contribution in [2.45, 2.75) is 26.4 Å². The summed E-state index contributed by atoms with van der Waals surface area (Å²) in [7, 11) is 2.47. The van der Waals surface area contributed by atoms with Crippen LogP contribution in [0, 0.1) is 0 Å². The molecule has 1 heterocycles. The lowest BCUT2D eigenvalue weighted by Crippen LogP contribution is -2.27. The molecule has 0 amide bonds. The molecule has 7 heteroatoms. The van der Waals surface area contributed by atoms with Crippen LogP contribution in [0.3, 0.4) is 0 Å². The topological polar surface area (TPSA) is 83.8 Å². The van der Waals surface area contributed by atoms with Crippen LogP contribution in [0.2, 0.25) is 0 Å². The van der Waals surface area contributed by atoms with Gasteiger partial charge in [-0.25, -0.2) is 19.0 Å². The predicted molar refractivity (Wildman–Crippen MR) is 104 cm³/mol. The van der Waals surface area contributed by atoms with Crippen molar-refractivity contribution in [1.82, 2.24) is 4.57 Å². The van der Waals surface area contributed by atoms with Crippen molar-refractivity contribution in [3.8, 4) is 0 Å². The number of benzene rings is 2. The summed E-state index contributed by atoms with van der Waals surface area (Å²) in [5.74, 6) is -1.37. The maximum Gasteiger partial charge on any atom is 0.419 e. The molecule has 146 valence electrons. The van der Waals surface area contributed by atoms with Crippen molar-refractivity contribution < 1.29 is 28.6 Å². The van der Waals surface area contributed by atoms with Gasteiger partial charge in [-0.05, 0) is 39.0 Å². The van der Waals surface area contributed by atoms with Gasteiger partial charge < -0.3 is 14.2 Å². The Balaban J connectivity index is 2.45. The zero-order chi connectivity index (χ0) is 20.6. The maximum absolute atomic E-state index is 12.9. The minimum Gasteiger partial charge on any atom is -0.465 e. The average Bonchev–Trinajstić information content (AvgIpc) is 2.99. The van der Waals surface area contributed by atoms with Crippen molar-refractivity contribution in [1.29, 1.82) is 0 Å². The summed E-state index contributed by atoms with van der Waals surface area (Å²) >= 11 is 0. The fourth-order valence-corrected chi connectivity index (χ4v) is 3.16. The third-order valence-corrected chi connectivity index (χ3v) is 4.21. The molecule has 0 saturated carbocycles. The van der Waals surface area contributed by atoms with Crippen LogP contribution in [0.5, 0.6) is 0 Å². The smallest absolute Gasteiger partial charge is 0.419 e. The number of fused-ring (bicyclic) bond motifs is 3. The highest BCUT2D eigenvalue weighted by molar-refractivity contribution is 6.22. The molecule has 3 rings (SSSR count). The van der Waals surface area contributed by atoms with E-state index in [0.717, 1.165) is 0 Å². The molecule has 7 nitrogen and oxygen atoms in total. The molecule has 3 aromatic rings. The maximum atomic E-state index is 12.9. The van der Waals surface area contributed by atoms with Crippen LogP contribution in [0.15, 0.2) is 36.4 Å². The van der Waals surface area contributed by atoms with E-state index in [0.29, 0.717) is 21.8 Å². The van der Waals surface area contributed by atoms with Gasteiger partial charge in [0.2, 0.25) is 0 Å². The Labute approximate surface area is 161 Å². The number of carbonyl (C=O) groups is 3. The number of para-hydroxylation sites is 1. The van der Waals surface area contributed by atoms with Crippen LogP contribution in [-0.4, -0.2) is 42.4 Å². The van der Waals surface area contributed by atoms with Crippen molar-refractivity contribution in [3.63, 3.8) is 0 Å². The zero-order valence-electron chi connectivity index (χ0n) is 16.4. The highest BCUT2D eigenvalue weighted by Gasteiger charge is 2.28. The van der Waals surface area contributed by atoms with Crippen LogP contribution in [-0.2, 0) is 14.2 Å². The largest absolute Gasteiger partial charge is 0.465 e. The van der Waals surface area contributed by atoms with Crippen molar-refractivity contribution in [3.05, 3.63) is 47.5 Å². The van der Waals surface area contributed by atoms with E-state index in [2.05, 4.69) is 0 Å². The van der Waals surface area contributed by atoms with E-state index in [-0.39, 0.29) is 11.1 Å². The monoisotopic (exact) mass is 383 g/mol. The minimum absolute atomic E-state index is 0.0466. The first-order valence-electron chi connectivity index (χ1n) is 8.65. The Morgan fingerprint density at radius 1 is 0.857 bits per heavy atom. The quantitative estimate of drug-likeness (QED) is 0.488. The minimum atomic E-state index is -0.702. The Morgan fingerprint density at radius 2 is 1.50 bits per heavy atom. The standard InChI is InChI=1S/C21H21NO6/c1-21(2,3)28-20(25)22-14-9-7-6-8-12(14)16-15(22)11-10-13(18(23)26-4)17(16)19(24)27-5/h6-11H,1-5H3. The summed E-state index contributed by atoms with van der Waals surface area (Å²) in [6.45, 7) is 5.32. The Morgan fingerprint density at radius 3 is 2.11 bits per heavy atom. The van der Waals surface area contributed by atoms with Gasteiger partial charge in [0.05, 0.1) is 36.4 Å². The van der Waals surface area contributed by atoms with Crippen LogP contribution in [0.4, 0.5) is 4.79 Å². The van der Waals surface area contributed by atoms with E-state index in [9.17, 15) is 14.4 Å². The fourth-order valence-electron chi connectivity index (χ4n) is 3.16. The molecule has 0 N–H and O–H groups in total. The number of ether oxygens (including phenoxy) is 3. The molecule has 2 aromatic carbocycles. The lowest BCUT2D eigenvalue weighted by atomic mass is 10.0. The molecule has 0 saturated heterocycles. The van der Waals surface area contributed by atoms with Crippen molar-refractivity contribution in [2.24, 2.45) is 0 Å². The van der Waals surface area contributed by atoms with Crippen LogP contribution >= 0.6 is 0 Å². The normalized spacial score (nSPS) is 11.5. The number of rotatable bonds is 2. The van der Waals surface area contributed by atoms with Gasteiger partial charge in [0, 0.05) is 10.8 Å². The Kier molecular flexibility index (Phi) is 4.85. The molecule has 0 spiro atoms. The van der Waals surface area contributed by atoms with Crippen LogP contribution in [0.25, 0.3) is 21.8 Å². The van der Waals surface area contributed by atoms with Gasteiger partial charge in [-0.15, -0.1) is 0 Å². The van der Waals surface area contributed by atoms with E-state index in [4.69, 9.17) is 14.2 Å². The number of hydrogen-bond acceptors (Lipinski definition) is 6. The molecule has 0 bridgehead atoms. The van der Waals surface area contributed by atoms with E-state index < -0.39 is 23.6 Å². The van der Waals surface area contributed by atoms with Gasteiger partial charge in [0.25, 0.3) is 0 Å². The average molecular weight is 383 g/mol. The van der Waals surface area contributed by atoms with E-state index in [1.54, 1.807) is 51.1 Å². The first-order chi connectivity index (χ1) is 13.2. The van der Waals surface area contributed by atoms with Gasteiger partial charge in [-0.3, -0.25) is 0 Å². The van der Waals surface area contributed by atoms with Crippen molar-refractivity contribution in [2.75, 3.05) is 14.2 Å². The number of esters is 2. The second kappa shape index (κ2) is 6.99.